The maximum atomic E-state index is 13.1. The second-order valence-electron chi connectivity index (χ2n) is 6.76. The number of aliphatic hydroxyl groups is 1. The summed E-state index contributed by atoms with van der Waals surface area (Å²) in [5.41, 5.74) is -0.271. The van der Waals surface area contributed by atoms with E-state index in [0.29, 0.717) is 6.54 Å². The predicted molar refractivity (Wildman–Crippen MR) is 72.5 cm³/mol. The van der Waals surface area contributed by atoms with Gasteiger partial charge in [0.05, 0.1) is 6.10 Å². The molecule has 2 aliphatic carbocycles. The van der Waals surface area contributed by atoms with Gasteiger partial charge in [-0.2, -0.15) is 0 Å². The second kappa shape index (κ2) is 5.96. The molecule has 1 amide bonds. The third-order valence-electron chi connectivity index (χ3n) is 5.03. The minimum atomic E-state index is -2.59. The van der Waals surface area contributed by atoms with Crippen LogP contribution in [0.3, 0.4) is 0 Å². The highest BCUT2D eigenvalue weighted by Gasteiger charge is 2.39. The van der Waals surface area contributed by atoms with Crippen LogP contribution in [0.15, 0.2) is 0 Å². The minimum Gasteiger partial charge on any atom is -0.392 e. The summed E-state index contributed by atoms with van der Waals surface area (Å²) in [7, 11) is 0. The summed E-state index contributed by atoms with van der Waals surface area (Å²) < 4.78 is 26.1. The first-order valence-electron chi connectivity index (χ1n) is 7.66. The third kappa shape index (κ3) is 3.68. The van der Waals surface area contributed by atoms with Crippen molar-refractivity contribution in [3.05, 3.63) is 0 Å². The molecule has 0 aromatic heterocycles. The molecule has 0 heterocycles. The Morgan fingerprint density at radius 3 is 2.45 bits per heavy atom. The summed E-state index contributed by atoms with van der Waals surface area (Å²) in [4.78, 5) is 12.1. The average Bonchev–Trinajstić information content (AvgIpc) is 2.40. The first kappa shape index (κ1) is 15.7. The van der Waals surface area contributed by atoms with Crippen LogP contribution in [0.2, 0.25) is 0 Å². The number of hydrogen-bond acceptors (Lipinski definition) is 2. The van der Waals surface area contributed by atoms with Crippen molar-refractivity contribution in [2.75, 3.05) is 6.54 Å². The molecule has 2 unspecified atom stereocenters. The summed E-state index contributed by atoms with van der Waals surface area (Å²) >= 11 is 0. The number of carbonyl (C=O) groups is 1. The van der Waals surface area contributed by atoms with E-state index >= 15 is 0 Å². The van der Waals surface area contributed by atoms with E-state index in [9.17, 15) is 18.7 Å². The van der Waals surface area contributed by atoms with Gasteiger partial charge in [0.15, 0.2) is 0 Å². The molecule has 116 valence electrons. The normalized spacial score (nSPS) is 34.7. The number of carbonyl (C=O) groups excluding carboxylic acids is 1. The van der Waals surface area contributed by atoms with Crippen molar-refractivity contribution in [1.29, 1.82) is 0 Å². The molecule has 0 saturated heterocycles. The zero-order valence-electron chi connectivity index (χ0n) is 12.1. The van der Waals surface area contributed by atoms with Crippen molar-refractivity contribution in [3.63, 3.8) is 0 Å². The Labute approximate surface area is 119 Å². The lowest BCUT2D eigenvalue weighted by Crippen LogP contribution is -2.47. The van der Waals surface area contributed by atoms with Gasteiger partial charge in [0.1, 0.15) is 0 Å². The van der Waals surface area contributed by atoms with Crippen LogP contribution in [0.25, 0.3) is 0 Å². The standard InChI is InChI=1S/C15H25F2NO2/c1-14(7-3-2-4-12(14)19)10-18-13(20)11-5-8-15(16,17)9-6-11/h11-12,19H,2-10H2,1H3,(H,18,20). The molecule has 0 radical (unpaired) electrons. The van der Waals surface area contributed by atoms with Crippen LogP contribution in [0.1, 0.15) is 58.3 Å². The lowest BCUT2D eigenvalue weighted by molar-refractivity contribution is -0.130. The Kier molecular flexibility index (Phi) is 4.67. The number of rotatable bonds is 3. The second-order valence-corrected chi connectivity index (χ2v) is 6.76. The van der Waals surface area contributed by atoms with Crippen molar-refractivity contribution in [1.82, 2.24) is 5.32 Å². The smallest absolute Gasteiger partial charge is 0.248 e. The fourth-order valence-electron chi connectivity index (χ4n) is 3.32. The molecule has 0 aliphatic heterocycles. The van der Waals surface area contributed by atoms with E-state index in [1.165, 1.54) is 0 Å². The SMILES string of the molecule is CC1(CNC(=O)C2CCC(F)(F)CC2)CCCCC1O. The van der Waals surface area contributed by atoms with Gasteiger partial charge in [-0.25, -0.2) is 8.78 Å². The number of aliphatic hydroxyl groups excluding tert-OH is 1. The maximum absolute atomic E-state index is 13.1. The van der Waals surface area contributed by atoms with Gasteiger partial charge in [-0.1, -0.05) is 19.8 Å². The molecule has 2 fully saturated rings. The molecule has 0 aromatic rings. The lowest BCUT2D eigenvalue weighted by atomic mass is 9.73. The maximum Gasteiger partial charge on any atom is 0.248 e. The zero-order valence-corrected chi connectivity index (χ0v) is 12.1. The van der Waals surface area contributed by atoms with Crippen LogP contribution >= 0.6 is 0 Å². The fourth-order valence-corrected chi connectivity index (χ4v) is 3.32. The van der Waals surface area contributed by atoms with Crippen molar-refractivity contribution in [3.8, 4) is 0 Å². The van der Waals surface area contributed by atoms with E-state index in [0.717, 1.165) is 25.7 Å². The van der Waals surface area contributed by atoms with Gasteiger partial charge in [-0.15, -0.1) is 0 Å². The van der Waals surface area contributed by atoms with Crippen LogP contribution in [0, 0.1) is 11.3 Å². The topological polar surface area (TPSA) is 49.3 Å². The Morgan fingerprint density at radius 1 is 1.20 bits per heavy atom. The summed E-state index contributed by atoms with van der Waals surface area (Å²) in [5, 5.41) is 12.9. The first-order chi connectivity index (χ1) is 9.32. The van der Waals surface area contributed by atoms with Crippen molar-refractivity contribution >= 4 is 5.91 Å². The molecule has 3 nitrogen and oxygen atoms in total. The quantitative estimate of drug-likeness (QED) is 0.839. The van der Waals surface area contributed by atoms with Crippen LogP contribution in [0.5, 0.6) is 0 Å². The van der Waals surface area contributed by atoms with Crippen LogP contribution in [-0.4, -0.2) is 29.6 Å². The summed E-state index contributed by atoms with van der Waals surface area (Å²) in [6, 6.07) is 0. The van der Waals surface area contributed by atoms with Gasteiger partial charge in [0, 0.05) is 30.7 Å². The Balaban J connectivity index is 1.80. The van der Waals surface area contributed by atoms with Gasteiger partial charge >= 0.3 is 0 Å². The molecule has 2 rings (SSSR count). The first-order valence-corrected chi connectivity index (χ1v) is 7.66. The van der Waals surface area contributed by atoms with Gasteiger partial charge in [0.25, 0.3) is 0 Å². The molecule has 0 spiro atoms. The van der Waals surface area contributed by atoms with E-state index in [1.54, 1.807) is 0 Å². The zero-order chi connectivity index (χ0) is 14.8. The molecular formula is C15H25F2NO2. The Bertz CT molecular complexity index is 352. The number of nitrogens with one attached hydrogen (secondary N) is 1. The third-order valence-corrected chi connectivity index (χ3v) is 5.03. The van der Waals surface area contributed by atoms with Crippen LogP contribution < -0.4 is 5.32 Å². The van der Waals surface area contributed by atoms with E-state index in [1.807, 2.05) is 6.92 Å². The molecule has 20 heavy (non-hydrogen) atoms. The van der Waals surface area contributed by atoms with E-state index < -0.39 is 5.92 Å². The minimum absolute atomic E-state index is 0.125. The van der Waals surface area contributed by atoms with Crippen molar-refractivity contribution in [2.45, 2.75) is 70.3 Å². The Hall–Kier alpha value is -0.710. The molecule has 2 atom stereocenters. The number of hydrogen-bond donors (Lipinski definition) is 2. The van der Waals surface area contributed by atoms with Gasteiger partial charge in [-0.3, -0.25) is 4.79 Å². The van der Waals surface area contributed by atoms with E-state index in [-0.39, 0.29) is 49.0 Å². The highest BCUT2D eigenvalue weighted by atomic mass is 19.3. The molecular weight excluding hydrogens is 264 g/mol. The fraction of sp³-hybridized carbons (Fsp3) is 0.933. The predicted octanol–water partition coefficient (Wildman–Crippen LogP) is 2.87. The molecule has 0 aromatic carbocycles. The monoisotopic (exact) mass is 289 g/mol. The number of halogens is 2. The number of amides is 1. The molecule has 5 heteroatoms. The Morgan fingerprint density at radius 2 is 1.85 bits per heavy atom. The molecule has 2 saturated carbocycles. The van der Waals surface area contributed by atoms with Crippen molar-refractivity contribution in [2.24, 2.45) is 11.3 Å². The highest BCUT2D eigenvalue weighted by Crippen LogP contribution is 2.37. The number of alkyl halides is 2. The summed E-state index contributed by atoms with van der Waals surface area (Å²) in [6.45, 7) is 2.44. The molecule has 2 N–H and O–H groups in total. The van der Waals surface area contributed by atoms with Crippen molar-refractivity contribution < 1.29 is 18.7 Å². The van der Waals surface area contributed by atoms with Gasteiger partial charge in [-0.05, 0) is 25.7 Å². The molecule has 0 bridgehead atoms. The summed E-state index contributed by atoms with van der Waals surface area (Å²) in [5.74, 6) is -3.01. The van der Waals surface area contributed by atoms with Crippen LogP contribution in [-0.2, 0) is 4.79 Å². The largest absolute Gasteiger partial charge is 0.392 e. The lowest BCUT2D eigenvalue weighted by Gasteiger charge is -2.39. The van der Waals surface area contributed by atoms with E-state index in [2.05, 4.69) is 5.32 Å². The highest BCUT2D eigenvalue weighted by molar-refractivity contribution is 5.78. The summed E-state index contributed by atoms with van der Waals surface area (Å²) in [6.07, 6.45) is 3.54. The van der Waals surface area contributed by atoms with E-state index in [4.69, 9.17) is 0 Å². The van der Waals surface area contributed by atoms with Crippen LogP contribution in [0.4, 0.5) is 8.78 Å². The average molecular weight is 289 g/mol. The molecule has 2 aliphatic rings. The van der Waals surface area contributed by atoms with Gasteiger partial charge < -0.3 is 10.4 Å². The van der Waals surface area contributed by atoms with Gasteiger partial charge in [0.2, 0.25) is 11.8 Å².